The number of anilines is 1. The Balaban J connectivity index is 2.42. The van der Waals surface area contributed by atoms with Crippen molar-refractivity contribution in [2.45, 2.75) is 45.4 Å². The second kappa shape index (κ2) is 12.7. The Hall–Kier alpha value is -3.85. The minimum absolute atomic E-state index is 0.0139. The Bertz CT molecular complexity index is 1060. The Kier molecular flexibility index (Phi) is 10.0. The van der Waals surface area contributed by atoms with Crippen LogP contribution in [0, 0.1) is 6.92 Å². The number of hydrogen-bond donors (Lipinski definition) is 3. The van der Waals surface area contributed by atoms with Gasteiger partial charge in [-0.1, -0.05) is 35.9 Å². The highest BCUT2D eigenvalue weighted by molar-refractivity contribution is 5.99. The Morgan fingerprint density at radius 2 is 1.81 bits per heavy atom. The zero-order valence-corrected chi connectivity index (χ0v) is 21.4. The zero-order chi connectivity index (χ0) is 26.9. The summed E-state index contributed by atoms with van der Waals surface area (Å²) in [5.41, 5.74) is 1.17. The van der Waals surface area contributed by atoms with Crippen LogP contribution in [0.2, 0.25) is 0 Å². The normalized spacial score (nSPS) is 12.6. The first-order chi connectivity index (χ1) is 17.0. The molecule has 2 aromatic carbocycles. The number of hydrogen-bond acceptors (Lipinski definition) is 6. The van der Waals surface area contributed by atoms with Crippen molar-refractivity contribution in [3.63, 3.8) is 0 Å². The lowest BCUT2D eigenvalue weighted by molar-refractivity contribution is -0.140. The quantitative estimate of drug-likeness (QED) is 0.432. The number of carbonyl (C=O) groups excluding carboxylic acids is 3. The molecule has 0 aliphatic heterocycles. The van der Waals surface area contributed by atoms with Gasteiger partial charge in [0.25, 0.3) is 5.91 Å². The number of rotatable bonds is 10. The molecule has 2 rings (SSSR count). The van der Waals surface area contributed by atoms with Gasteiger partial charge in [-0.3, -0.25) is 9.59 Å². The number of aliphatic hydroxyl groups excluding tert-OH is 1. The van der Waals surface area contributed by atoms with Crippen LogP contribution in [0.1, 0.15) is 37.9 Å². The largest absolute Gasteiger partial charge is 0.497 e. The van der Waals surface area contributed by atoms with E-state index in [0.717, 1.165) is 5.56 Å². The van der Waals surface area contributed by atoms with Crippen LogP contribution in [0.4, 0.5) is 10.5 Å². The first-order valence-corrected chi connectivity index (χ1v) is 11.5. The summed E-state index contributed by atoms with van der Waals surface area (Å²) in [5, 5.41) is 15.2. The van der Waals surface area contributed by atoms with Crippen LogP contribution in [-0.4, -0.2) is 59.8 Å². The molecule has 0 bridgehead atoms. The predicted molar refractivity (Wildman–Crippen MR) is 138 cm³/mol. The van der Waals surface area contributed by atoms with Crippen molar-refractivity contribution < 1.29 is 29.0 Å². The molecule has 194 valence electrons. The third-order valence-corrected chi connectivity index (χ3v) is 5.06. The first kappa shape index (κ1) is 28.4. The van der Waals surface area contributed by atoms with Crippen molar-refractivity contribution in [3.8, 4) is 5.75 Å². The fourth-order valence-electron chi connectivity index (χ4n) is 3.50. The number of aryl methyl sites for hydroxylation is 1. The summed E-state index contributed by atoms with van der Waals surface area (Å²) in [5.74, 6) is -0.514. The summed E-state index contributed by atoms with van der Waals surface area (Å²) < 4.78 is 10.4. The molecule has 0 radical (unpaired) electrons. The van der Waals surface area contributed by atoms with E-state index in [9.17, 15) is 19.5 Å². The van der Waals surface area contributed by atoms with Crippen LogP contribution >= 0.6 is 0 Å². The lowest BCUT2D eigenvalue weighted by Gasteiger charge is -2.33. The van der Waals surface area contributed by atoms with Crippen LogP contribution in [0.25, 0.3) is 0 Å². The van der Waals surface area contributed by atoms with Crippen molar-refractivity contribution in [2.24, 2.45) is 0 Å². The van der Waals surface area contributed by atoms with Crippen molar-refractivity contribution in [2.75, 3.05) is 25.6 Å². The summed E-state index contributed by atoms with van der Waals surface area (Å²) in [6.07, 6.45) is 0.617. The summed E-state index contributed by atoms with van der Waals surface area (Å²) in [4.78, 5) is 40.7. The van der Waals surface area contributed by atoms with Gasteiger partial charge in [0.15, 0.2) is 0 Å². The van der Waals surface area contributed by atoms with Crippen LogP contribution in [0.3, 0.4) is 0 Å². The molecule has 2 atom stereocenters. The van der Waals surface area contributed by atoms with Gasteiger partial charge in [0.2, 0.25) is 5.91 Å². The number of nitrogens with one attached hydrogen (secondary N) is 2. The van der Waals surface area contributed by atoms with Gasteiger partial charge < -0.3 is 30.1 Å². The Labute approximate surface area is 212 Å². The maximum absolute atomic E-state index is 13.6. The summed E-state index contributed by atoms with van der Waals surface area (Å²) in [7, 11) is 1.54. The second-order valence-electron chi connectivity index (χ2n) is 9.20. The van der Waals surface area contributed by atoms with Crippen molar-refractivity contribution in [1.82, 2.24) is 10.2 Å². The van der Waals surface area contributed by atoms with E-state index < -0.39 is 42.2 Å². The van der Waals surface area contributed by atoms with Gasteiger partial charge in [0.1, 0.15) is 23.4 Å². The number of benzene rings is 2. The molecule has 2 aromatic rings. The number of ether oxygens (including phenoxy) is 2. The highest BCUT2D eigenvalue weighted by atomic mass is 16.6. The van der Waals surface area contributed by atoms with Crippen LogP contribution in [0.15, 0.2) is 61.2 Å². The standard InChI is InChI=1S/C27H35N3O6/c1-7-15-30(25(33)22(17-31)29-26(34)36-27(3,4)5)23(19-10-8-9-18(2)16-19)24(32)28-20-11-13-21(35-6)14-12-20/h7-14,16,22-23,31H,1,15,17H2,2-6H3,(H,28,32)(H,29,34). The molecule has 9 nitrogen and oxygen atoms in total. The molecule has 0 heterocycles. The molecule has 0 aromatic heterocycles. The monoisotopic (exact) mass is 497 g/mol. The van der Waals surface area contributed by atoms with E-state index in [1.54, 1.807) is 70.3 Å². The fraction of sp³-hybridized carbons (Fsp3) is 0.370. The average Bonchev–Trinajstić information content (AvgIpc) is 2.81. The lowest BCUT2D eigenvalue weighted by atomic mass is 10.0. The molecule has 2 unspecified atom stereocenters. The number of carbonyl (C=O) groups is 3. The molecule has 9 heteroatoms. The van der Waals surface area contributed by atoms with Gasteiger partial charge in [-0.15, -0.1) is 6.58 Å². The van der Waals surface area contributed by atoms with E-state index >= 15 is 0 Å². The minimum atomic E-state index is -1.33. The fourth-order valence-corrected chi connectivity index (χ4v) is 3.50. The highest BCUT2D eigenvalue weighted by Crippen LogP contribution is 2.26. The minimum Gasteiger partial charge on any atom is -0.497 e. The molecular formula is C27H35N3O6. The van der Waals surface area contributed by atoms with Crippen LogP contribution in [0.5, 0.6) is 5.75 Å². The van der Waals surface area contributed by atoms with Crippen molar-refractivity contribution in [1.29, 1.82) is 0 Å². The molecule has 3 N–H and O–H groups in total. The Morgan fingerprint density at radius 3 is 2.33 bits per heavy atom. The topological polar surface area (TPSA) is 117 Å². The maximum Gasteiger partial charge on any atom is 0.408 e. The van der Waals surface area contributed by atoms with Gasteiger partial charge in [0, 0.05) is 12.2 Å². The van der Waals surface area contributed by atoms with Crippen molar-refractivity contribution >= 4 is 23.6 Å². The number of nitrogens with zero attached hydrogens (tertiary/aromatic N) is 1. The summed E-state index contributed by atoms with van der Waals surface area (Å²) in [6.45, 7) is 9.95. The average molecular weight is 498 g/mol. The van der Waals surface area contributed by atoms with Crippen molar-refractivity contribution in [3.05, 3.63) is 72.3 Å². The maximum atomic E-state index is 13.6. The smallest absolute Gasteiger partial charge is 0.408 e. The van der Waals surface area contributed by atoms with Crippen LogP contribution in [-0.2, 0) is 14.3 Å². The number of methoxy groups -OCH3 is 1. The van der Waals surface area contributed by atoms with Crippen LogP contribution < -0.4 is 15.4 Å². The molecule has 0 saturated heterocycles. The van der Waals surface area contributed by atoms with Gasteiger partial charge in [0.05, 0.1) is 13.7 Å². The molecule has 0 saturated carbocycles. The molecule has 0 aliphatic carbocycles. The SMILES string of the molecule is C=CCN(C(=O)C(CO)NC(=O)OC(C)(C)C)C(C(=O)Nc1ccc(OC)cc1)c1cccc(C)c1. The highest BCUT2D eigenvalue weighted by Gasteiger charge is 2.35. The molecule has 3 amide bonds. The van der Waals surface area contributed by atoms with E-state index in [1.165, 1.54) is 11.0 Å². The summed E-state index contributed by atoms with van der Waals surface area (Å²) >= 11 is 0. The third kappa shape index (κ3) is 8.13. The van der Waals surface area contributed by atoms with Gasteiger partial charge in [-0.2, -0.15) is 0 Å². The van der Waals surface area contributed by atoms with Gasteiger partial charge >= 0.3 is 6.09 Å². The predicted octanol–water partition coefficient (Wildman–Crippen LogP) is 3.58. The molecule has 0 spiro atoms. The molecular weight excluding hydrogens is 462 g/mol. The molecule has 36 heavy (non-hydrogen) atoms. The van der Waals surface area contributed by atoms with E-state index in [0.29, 0.717) is 17.0 Å². The van der Waals surface area contributed by atoms with E-state index in [2.05, 4.69) is 17.2 Å². The first-order valence-electron chi connectivity index (χ1n) is 11.5. The van der Waals surface area contributed by atoms with E-state index in [1.807, 2.05) is 13.0 Å². The van der Waals surface area contributed by atoms with Gasteiger partial charge in [-0.25, -0.2) is 4.79 Å². The Morgan fingerprint density at radius 1 is 1.14 bits per heavy atom. The number of alkyl carbamates (subject to hydrolysis) is 1. The lowest BCUT2D eigenvalue weighted by Crippen LogP contribution is -2.53. The zero-order valence-electron chi connectivity index (χ0n) is 21.4. The van der Waals surface area contributed by atoms with E-state index in [-0.39, 0.29) is 6.54 Å². The molecule has 0 aliphatic rings. The number of aliphatic hydroxyl groups is 1. The third-order valence-electron chi connectivity index (χ3n) is 5.06. The molecule has 0 fully saturated rings. The van der Waals surface area contributed by atoms with E-state index in [4.69, 9.17) is 9.47 Å². The second-order valence-corrected chi connectivity index (χ2v) is 9.20. The summed E-state index contributed by atoms with van der Waals surface area (Å²) in [6, 6.07) is 11.6. The number of amides is 3. The van der Waals surface area contributed by atoms with Gasteiger partial charge in [-0.05, 0) is 57.5 Å².